The minimum absolute atomic E-state index is 0. The van der Waals surface area contributed by atoms with Crippen molar-refractivity contribution in [1.29, 1.82) is 0 Å². The van der Waals surface area contributed by atoms with E-state index in [9.17, 15) is 9.59 Å². The van der Waals surface area contributed by atoms with E-state index in [1.807, 2.05) is 12.1 Å². The van der Waals surface area contributed by atoms with E-state index in [1.54, 1.807) is 26.4 Å². The van der Waals surface area contributed by atoms with Gasteiger partial charge in [-0.2, -0.15) is 0 Å². The zero-order valence-electron chi connectivity index (χ0n) is 38.1. The molecule has 0 amide bonds. The first-order valence-electron chi connectivity index (χ1n) is 23.7. The van der Waals surface area contributed by atoms with Gasteiger partial charge in [0.25, 0.3) is 0 Å². The molecule has 0 bridgehead atoms. The third-order valence-electron chi connectivity index (χ3n) is 12.5. The van der Waals surface area contributed by atoms with Crippen LogP contribution >= 0.6 is 0 Å². The van der Waals surface area contributed by atoms with Crippen molar-refractivity contribution in [1.82, 2.24) is 0 Å². The molecule has 6 nitrogen and oxygen atoms in total. The zero-order chi connectivity index (χ0) is 41.1. The van der Waals surface area contributed by atoms with Crippen molar-refractivity contribution in [2.75, 3.05) is 41.5 Å². The summed E-state index contributed by atoms with van der Waals surface area (Å²) in [5, 5.41) is 0. The number of methoxy groups -OCH3 is 3. The van der Waals surface area contributed by atoms with Crippen LogP contribution in [0.4, 0.5) is 0 Å². The second kappa shape index (κ2) is 30.6. The van der Waals surface area contributed by atoms with Gasteiger partial charge in [0.05, 0.1) is 52.6 Å². The van der Waals surface area contributed by atoms with Gasteiger partial charge in [-0.25, -0.2) is 0 Å². The standard InChI is InChI=1S/C51H84NO5.BrH/c1-7-9-11-13-15-17-19-21-23-25-27-29-31-33-35-52(3,36-34-32-30-28-26-24-22-20-18-16-14-12-10-8-2)41-42-37-44-48(46(38-42)56-5)51(54)49-45(50(44)53)39-43(55-4)40-47(49)57-6;/h37-40H,7-36,41H2,1-6H3;1H/q+1;/p-1. The molecule has 0 unspecified atom stereocenters. The van der Waals surface area contributed by atoms with Gasteiger partial charge < -0.3 is 35.7 Å². The zero-order valence-corrected chi connectivity index (χ0v) is 39.7. The van der Waals surface area contributed by atoms with Crippen LogP contribution in [0.5, 0.6) is 17.2 Å². The number of rotatable bonds is 35. The van der Waals surface area contributed by atoms with Crippen LogP contribution < -0.4 is 31.2 Å². The smallest absolute Gasteiger partial charge is 0.201 e. The number of quaternary nitrogens is 1. The second-order valence-electron chi connectivity index (χ2n) is 17.5. The topological polar surface area (TPSA) is 61.8 Å². The molecular formula is C51H84BrNO5. The molecule has 1 aliphatic carbocycles. The lowest BCUT2D eigenvalue weighted by molar-refractivity contribution is -0.923. The van der Waals surface area contributed by atoms with Gasteiger partial charge in [-0.3, -0.25) is 9.59 Å². The lowest BCUT2D eigenvalue weighted by Gasteiger charge is -2.35. The Hall–Kier alpha value is -2.38. The molecule has 2 aromatic carbocycles. The van der Waals surface area contributed by atoms with Gasteiger partial charge in [0.1, 0.15) is 23.8 Å². The molecule has 2 aromatic rings. The molecule has 330 valence electrons. The number of carbonyl (C=O) groups excluding carboxylic acids is 2. The largest absolute Gasteiger partial charge is 1.00 e. The summed E-state index contributed by atoms with van der Waals surface area (Å²) in [6.07, 6.45) is 38.1. The third-order valence-corrected chi connectivity index (χ3v) is 12.5. The van der Waals surface area contributed by atoms with Crippen molar-refractivity contribution in [2.45, 2.75) is 200 Å². The second-order valence-corrected chi connectivity index (χ2v) is 17.5. The molecule has 0 saturated carbocycles. The fourth-order valence-electron chi connectivity index (χ4n) is 8.98. The first-order valence-corrected chi connectivity index (χ1v) is 23.7. The molecule has 0 radical (unpaired) electrons. The molecule has 0 saturated heterocycles. The Morgan fingerprint density at radius 2 is 0.776 bits per heavy atom. The Morgan fingerprint density at radius 1 is 0.431 bits per heavy atom. The van der Waals surface area contributed by atoms with Crippen molar-refractivity contribution in [3.63, 3.8) is 0 Å². The van der Waals surface area contributed by atoms with Gasteiger partial charge in [0.15, 0.2) is 5.78 Å². The maximum atomic E-state index is 14.1. The molecule has 3 rings (SSSR count). The van der Waals surface area contributed by atoms with Crippen LogP contribution in [0.1, 0.15) is 231 Å². The Bertz CT molecular complexity index is 1410. The number of halogens is 1. The highest BCUT2D eigenvalue weighted by atomic mass is 79.9. The van der Waals surface area contributed by atoms with Gasteiger partial charge in [-0.1, -0.05) is 168 Å². The van der Waals surface area contributed by atoms with E-state index in [2.05, 4.69) is 20.9 Å². The molecule has 0 fully saturated rings. The molecular weight excluding hydrogens is 786 g/mol. The molecule has 7 heteroatoms. The van der Waals surface area contributed by atoms with Crippen molar-refractivity contribution >= 4 is 11.6 Å². The Labute approximate surface area is 366 Å². The highest BCUT2D eigenvalue weighted by Crippen LogP contribution is 2.40. The van der Waals surface area contributed by atoms with Gasteiger partial charge in [0.2, 0.25) is 5.78 Å². The molecule has 0 atom stereocenters. The average molecular weight is 871 g/mol. The number of ether oxygens (including phenoxy) is 3. The van der Waals surface area contributed by atoms with E-state index in [1.165, 1.54) is 187 Å². The molecule has 1 aliphatic rings. The minimum Gasteiger partial charge on any atom is -1.00 e. The maximum Gasteiger partial charge on any atom is 0.201 e. The fraction of sp³-hybridized carbons (Fsp3) is 0.725. The van der Waals surface area contributed by atoms with E-state index in [4.69, 9.17) is 14.2 Å². The molecule has 0 spiro atoms. The number of fused-ring (bicyclic) bond motifs is 2. The van der Waals surface area contributed by atoms with E-state index in [0.717, 1.165) is 29.7 Å². The van der Waals surface area contributed by atoms with Gasteiger partial charge in [-0.05, 0) is 43.9 Å². The van der Waals surface area contributed by atoms with Crippen LogP contribution in [0.25, 0.3) is 0 Å². The molecule has 58 heavy (non-hydrogen) atoms. The van der Waals surface area contributed by atoms with Crippen LogP contribution in [-0.2, 0) is 6.54 Å². The number of ketones is 2. The summed E-state index contributed by atoms with van der Waals surface area (Å²) >= 11 is 0. The molecule has 0 N–H and O–H groups in total. The lowest BCUT2D eigenvalue weighted by Crippen LogP contribution is -3.00. The lowest BCUT2D eigenvalue weighted by atomic mass is 9.82. The number of hydrogen-bond acceptors (Lipinski definition) is 5. The summed E-state index contributed by atoms with van der Waals surface area (Å²) in [4.78, 5) is 28.1. The van der Waals surface area contributed by atoms with E-state index >= 15 is 0 Å². The van der Waals surface area contributed by atoms with Gasteiger partial charge >= 0.3 is 0 Å². The van der Waals surface area contributed by atoms with Crippen LogP contribution in [0.15, 0.2) is 24.3 Å². The molecule has 0 heterocycles. The van der Waals surface area contributed by atoms with Gasteiger partial charge in [0, 0.05) is 22.8 Å². The normalized spacial score (nSPS) is 12.3. The summed E-state index contributed by atoms with van der Waals surface area (Å²) in [5.41, 5.74) is 2.39. The highest BCUT2D eigenvalue weighted by molar-refractivity contribution is 6.30. The predicted molar refractivity (Wildman–Crippen MR) is 240 cm³/mol. The van der Waals surface area contributed by atoms with Crippen LogP contribution in [0.3, 0.4) is 0 Å². The van der Waals surface area contributed by atoms with E-state index < -0.39 is 0 Å². The van der Waals surface area contributed by atoms with Crippen molar-refractivity contribution < 1.29 is 45.3 Å². The molecule has 0 aliphatic heterocycles. The predicted octanol–water partition coefficient (Wildman–Crippen LogP) is 11.4. The quantitative estimate of drug-likeness (QED) is 0.0435. The summed E-state index contributed by atoms with van der Waals surface area (Å²) in [6.45, 7) is 7.60. The number of carbonyl (C=O) groups is 2. The maximum absolute atomic E-state index is 14.1. The van der Waals surface area contributed by atoms with Crippen molar-refractivity contribution in [3.05, 3.63) is 52.1 Å². The summed E-state index contributed by atoms with van der Waals surface area (Å²) in [5.74, 6) is 0.854. The number of hydrogen-bond donors (Lipinski definition) is 0. The number of nitrogens with zero attached hydrogens (tertiary/aromatic N) is 1. The van der Waals surface area contributed by atoms with Crippen molar-refractivity contribution in [2.24, 2.45) is 0 Å². The Kier molecular flexibility index (Phi) is 27.3. The first kappa shape index (κ1) is 51.8. The number of unbranched alkanes of at least 4 members (excludes halogenated alkanes) is 26. The Balaban J connectivity index is 0.0000116. The summed E-state index contributed by atoms with van der Waals surface area (Å²) in [7, 11) is 7.06. The highest BCUT2D eigenvalue weighted by Gasteiger charge is 2.37. The van der Waals surface area contributed by atoms with E-state index in [-0.39, 0.29) is 34.1 Å². The van der Waals surface area contributed by atoms with Crippen molar-refractivity contribution in [3.8, 4) is 17.2 Å². The number of benzene rings is 2. The first-order chi connectivity index (χ1) is 27.8. The van der Waals surface area contributed by atoms with Gasteiger partial charge in [-0.15, -0.1) is 0 Å². The monoisotopic (exact) mass is 870 g/mol. The SMILES string of the molecule is CCCCCCCCCCCCCCCC[N+](C)(CCCCCCCCCCCCCCCC)Cc1cc(OC)c2c(c1)C(=O)c1cc(OC)cc(OC)c1C2=O.[Br-]. The van der Waals surface area contributed by atoms with Crippen LogP contribution in [-0.4, -0.2) is 57.5 Å². The summed E-state index contributed by atoms with van der Waals surface area (Å²) in [6, 6.07) is 7.27. The minimum atomic E-state index is -0.246. The fourth-order valence-corrected chi connectivity index (χ4v) is 8.98. The summed E-state index contributed by atoms with van der Waals surface area (Å²) < 4.78 is 17.8. The molecule has 0 aromatic heterocycles. The third kappa shape index (κ3) is 18.1. The van der Waals surface area contributed by atoms with Crippen LogP contribution in [0.2, 0.25) is 0 Å². The van der Waals surface area contributed by atoms with Crippen LogP contribution in [0, 0.1) is 0 Å². The van der Waals surface area contributed by atoms with E-state index in [0.29, 0.717) is 33.9 Å². The Morgan fingerprint density at radius 3 is 1.14 bits per heavy atom. The average Bonchev–Trinajstić information content (AvgIpc) is 3.22.